The number of sulfone groups is 1. The molecule has 26 heavy (non-hydrogen) atoms. The first kappa shape index (κ1) is 19.5. The van der Waals surface area contributed by atoms with E-state index in [1.54, 1.807) is 12.1 Å². The first-order chi connectivity index (χ1) is 12.3. The summed E-state index contributed by atoms with van der Waals surface area (Å²) in [5, 5.41) is 19.8. The van der Waals surface area contributed by atoms with Crippen LogP contribution in [0.2, 0.25) is 0 Å². The molecule has 0 bridgehead atoms. The van der Waals surface area contributed by atoms with E-state index in [0.717, 1.165) is 5.41 Å². The molecule has 0 amide bonds. The Bertz CT molecular complexity index is 892. The molecule has 0 aliphatic heterocycles. The number of ether oxygens (including phenoxy) is 3. The maximum atomic E-state index is 12.5. The van der Waals surface area contributed by atoms with Crippen LogP contribution in [0.25, 0.3) is 6.08 Å². The summed E-state index contributed by atoms with van der Waals surface area (Å²) in [6, 6.07) is 7.17. The van der Waals surface area contributed by atoms with Crippen molar-refractivity contribution < 1.29 is 32.8 Å². The molecule has 0 saturated carbocycles. The van der Waals surface area contributed by atoms with Crippen LogP contribution in [0.3, 0.4) is 0 Å². The van der Waals surface area contributed by atoms with Gasteiger partial charge in [-0.05, 0) is 23.8 Å². The molecule has 2 aromatic carbocycles. The Labute approximate surface area is 152 Å². The summed E-state index contributed by atoms with van der Waals surface area (Å²) < 4.78 is 40.6. The van der Waals surface area contributed by atoms with Gasteiger partial charge in [0.2, 0.25) is 0 Å². The Balaban J connectivity index is 2.33. The van der Waals surface area contributed by atoms with E-state index in [4.69, 9.17) is 14.2 Å². The van der Waals surface area contributed by atoms with Crippen molar-refractivity contribution in [3.05, 3.63) is 46.9 Å². The molecule has 0 radical (unpaired) electrons. The smallest absolute Gasteiger partial charge is 0.176 e. The number of hydrogen-bond acceptors (Lipinski definition) is 7. The third-order valence-corrected chi connectivity index (χ3v) is 4.87. The van der Waals surface area contributed by atoms with Gasteiger partial charge in [0.15, 0.2) is 21.3 Å². The molecule has 2 N–H and O–H groups in total. The SMILES string of the molecule is COc1cc(OC)c(CS(=O)(=O)/C=C\c2ccc(O)c(O)c2)c(OC)c1. The van der Waals surface area contributed by atoms with Crippen molar-refractivity contribution >= 4 is 15.9 Å². The Hall–Kier alpha value is -2.87. The van der Waals surface area contributed by atoms with Gasteiger partial charge in [-0.1, -0.05) is 6.07 Å². The van der Waals surface area contributed by atoms with Crippen molar-refractivity contribution in [1.82, 2.24) is 0 Å². The monoisotopic (exact) mass is 380 g/mol. The maximum absolute atomic E-state index is 12.5. The fourth-order valence-corrected chi connectivity index (χ4v) is 3.44. The molecule has 0 heterocycles. The summed E-state index contributed by atoms with van der Waals surface area (Å²) in [6.07, 6.45) is 1.33. The summed E-state index contributed by atoms with van der Waals surface area (Å²) >= 11 is 0. The second kappa shape index (κ2) is 8.01. The molecular weight excluding hydrogens is 360 g/mol. The number of aromatic hydroxyl groups is 2. The van der Waals surface area contributed by atoms with Crippen molar-refractivity contribution in [2.45, 2.75) is 5.75 Å². The third-order valence-electron chi connectivity index (χ3n) is 3.63. The van der Waals surface area contributed by atoms with Crippen LogP contribution in [0.15, 0.2) is 35.7 Å². The molecule has 0 fully saturated rings. The first-order valence-corrected chi connectivity index (χ1v) is 9.23. The van der Waals surface area contributed by atoms with Gasteiger partial charge >= 0.3 is 0 Å². The molecule has 0 atom stereocenters. The molecular formula is C18H20O7S. The van der Waals surface area contributed by atoms with Crippen molar-refractivity contribution in [3.8, 4) is 28.7 Å². The van der Waals surface area contributed by atoms with Gasteiger partial charge < -0.3 is 24.4 Å². The minimum Gasteiger partial charge on any atom is -0.504 e. The largest absolute Gasteiger partial charge is 0.504 e. The molecule has 0 saturated heterocycles. The summed E-state index contributed by atoms with van der Waals surface area (Å²) in [6.45, 7) is 0. The number of hydrogen-bond donors (Lipinski definition) is 2. The van der Waals surface area contributed by atoms with E-state index in [1.807, 2.05) is 0 Å². The topological polar surface area (TPSA) is 102 Å². The van der Waals surface area contributed by atoms with Gasteiger partial charge in [-0.15, -0.1) is 0 Å². The molecule has 2 rings (SSSR count). The van der Waals surface area contributed by atoms with Gasteiger partial charge in [0.05, 0.1) is 32.6 Å². The van der Waals surface area contributed by atoms with Crippen LogP contribution >= 0.6 is 0 Å². The summed E-state index contributed by atoms with van der Waals surface area (Å²) in [5.74, 6) is 0.195. The molecule has 0 aliphatic rings. The molecule has 8 heteroatoms. The first-order valence-electron chi connectivity index (χ1n) is 7.51. The van der Waals surface area contributed by atoms with Gasteiger partial charge in [0.1, 0.15) is 17.2 Å². The van der Waals surface area contributed by atoms with Crippen LogP contribution < -0.4 is 14.2 Å². The quantitative estimate of drug-likeness (QED) is 0.712. The van der Waals surface area contributed by atoms with E-state index < -0.39 is 9.84 Å². The normalized spacial score (nSPS) is 11.5. The number of methoxy groups -OCH3 is 3. The van der Waals surface area contributed by atoms with E-state index in [-0.39, 0.29) is 17.3 Å². The highest BCUT2D eigenvalue weighted by molar-refractivity contribution is 7.93. The van der Waals surface area contributed by atoms with E-state index in [0.29, 0.717) is 28.4 Å². The Kier molecular flexibility index (Phi) is 5.99. The fraction of sp³-hybridized carbons (Fsp3) is 0.222. The molecule has 140 valence electrons. The van der Waals surface area contributed by atoms with Crippen LogP contribution in [0, 0.1) is 0 Å². The summed E-state index contributed by atoms with van der Waals surface area (Å²) in [7, 11) is 0.680. The molecule has 0 spiro atoms. The van der Waals surface area contributed by atoms with Crippen LogP contribution in [0.1, 0.15) is 11.1 Å². The number of phenolic OH excluding ortho intramolecular Hbond substituents is 2. The van der Waals surface area contributed by atoms with Crippen LogP contribution in [-0.2, 0) is 15.6 Å². The zero-order chi connectivity index (χ0) is 19.3. The van der Waals surface area contributed by atoms with Crippen molar-refractivity contribution in [2.75, 3.05) is 21.3 Å². The molecule has 2 aromatic rings. The summed E-state index contributed by atoms with van der Waals surface area (Å²) in [5.41, 5.74) is 0.798. The van der Waals surface area contributed by atoms with Crippen LogP contribution in [0.5, 0.6) is 28.7 Å². The minimum absolute atomic E-state index is 0.280. The standard InChI is InChI=1S/C18H20O7S/c1-23-13-9-17(24-2)14(18(10-13)25-3)11-26(21,22)7-6-12-4-5-15(19)16(20)8-12/h4-10,19-20H,11H2,1-3H3/b7-6-. The van der Waals surface area contributed by atoms with Crippen molar-refractivity contribution in [2.24, 2.45) is 0 Å². The van der Waals surface area contributed by atoms with Crippen LogP contribution in [0.4, 0.5) is 0 Å². The molecule has 0 aliphatic carbocycles. The van der Waals surface area contributed by atoms with E-state index in [2.05, 4.69) is 0 Å². The van der Waals surface area contributed by atoms with Gasteiger partial charge in [-0.2, -0.15) is 0 Å². The van der Waals surface area contributed by atoms with E-state index >= 15 is 0 Å². The van der Waals surface area contributed by atoms with E-state index in [1.165, 1.54) is 45.6 Å². The van der Waals surface area contributed by atoms with E-state index in [9.17, 15) is 18.6 Å². The highest BCUT2D eigenvalue weighted by Crippen LogP contribution is 2.35. The minimum atomic E-state index is -3.67. The second-order valence-electron chi connectivity index (χ2n) is 5.37. The zero-order valence-corrected chi connectivity index (χ0v) is 15.4. The predicted octanol–water partition coefficient (Wildman–Crippen LogP) is 2.71. The Morgan fingerprint density at radius 1 is 0.923 bits per heavy atom. The van der Waals surface area contributed by atoms with Gasteiger partial charge in [-0.25, -0.2) is 8.42 Å². The Morgan fingerprint density at radius 2 is 1.54 bits per heavy atom. The predicted molar refractivity (Wildman–Crippen MR) is 97.5 cm³/mol. The highest BCUT2D eigenvalue weighted by Gasteiger charge is 2.19. The lowest BCUT2D eigenvalue weighted by atomic mass is 10.2. The van der Waals surface area contributed by atoms with Crippen molar-refractivity contribution in [3.63, 3.8) is 0 Å². The number of benzene rings is 2. The van der Waals surface area contributed by atoms with Gasteiger partial charge in [0.25, 0.3) is 0 Å². The molecule has 0 unspecified atom stereocenters. The molecule has 0 aromatic heterocycles. The third kappa shape index (κ3) is 4.60. The fourth-order valence-electron chi connectivity index (χ4n) is 2.30. The average Bonchev–Trinajstić information content (AvgIpc) is 2.62. The van der Waals surface area contributed by atoms with Gasteiger partial charge in [0, 0.05) is 17.5 Å². The lowest BCUT2D eigenvalue weighted by Gasteiger charge is -2.14. The average molecular weight is 380 g/mol. The Morgan fingerprint density at radius 3 is 2.04 bits per heavy atom. The van der Waals surface area contributed by atoms with Crippen molar-refractivity contribution in [1.29, 1.82) is 0 Å². The lowest BCUT2D eigenvalue weighted by molar-refractivity contribution is 0.370. The molecule has 7 nitrogen and oxygen atoms in total. The van der Waals surface area contributed by atoms with Gasteiger partial charge in [-0.3, -0.25) is 0 Å². The highest BCUT2D eigenvalue weighted by atomic mass is 32.2. The number of rotatable bonds is 7. The lowest BCUT2D eigenvalue weighted by Crippen LogP contribution is -2.05. The summed E-state index contributed by atoms with van der Waals surface area (Å²) in [4.78, 5) is 0. The second-order valence-corrected chi connectivity index (χ2v) is 7.26. The zero-order valence-electron chi connectivity index (χ0n) is 14.6. The van der Waals surface area contributed by atoms with Crippen LogP contribution in [-0.4, -0.2) is 40.0 Å². The maximum Gasteiger partial charge on any atom is 0.176 e. The number of phenols is 2.